The second kappa shape index (κ2) is 9.05. The van der Waals surface area contributed by atoms with Crippen molar-refractivity contribution in [3.63, 3.8) is 0 Å². The predicted molar refractivity (Wildman–Crippen MR) is 115 cm³/mol. The van der Waals surface area contributed by atoms with E-state index in [2.05, 4.69) is 23.7 Å². The van der Waals surface area contributed by atoms with E-state index in [-0.39, 0.29) is 5.91 Å². The van der Waals surface area contributed by atoms with Crippen LogP contribution in [0.1, 0.15) is 21.7 Å². The molecule has 0 atom stereocenters. The van der Waals surface area contributed by atoms with Crippen molar-refractivity contribution in [1.82, 2.24) is 4.57 Å². The lowest BCUT2D eigenvalue weighted by Gasteiger charge is -2.29. The zero-order valence-corrected chi connectivity index (χ0v) is 17.6. The topological polar surface area (TPSA) is 65.0 Å². The highest BCUT2D eigenvalue weighted by atomic mass is 16.5. The number of aromatic nitrogens is 1. The molecule has 1 amide bonds. The van der Waals surface area contributed by atoms with Crippen LogP contribution in [-0.4, -0.2) is 51.0 Å². The number of anilines is 2. The number of ether oxygens (including phenoxy) is 3. The Bertz CT molecular complexity index is 898. The summed E-state index contributed by atoms with van der Waals surface area (Å²) in [6, 6.07) is 5.32. The van der Waals surface area contributed by atoms with Gasteiger partial charge in [0.25, 0.3) is 5.91 Å². The third-order valence-electron chi connectivity index (χ3n) is 5.22. The summed E-state index contributed by atoms with van der Waals surface area (Å²) in [6.45, 7) is 11.5. The molecule has 0 spiro atoms. The minimum absolute atomic E-state index is 0.167. The highest BCUT2D eigenvalue weighted by Crippen LogP contribution is 2.33. The SMILES string of the molecule is C=CCn1c(C)c(N2CCOCC2)c(C)c1C(=O)Nc1ccc(OC)c(OC)c1. The van der Waals surface area contributed by atoms with Crippen LogP contribution in [0.5, 0.6) is 11.5 Å². The molecule has 3 rings (SSSR count). The molecular formula is C22H29N3O4. The summed E-state index contributed by atoms with van der Waals surface area (Å²) in [4.78, 5) is 15.5. The van der Waals surface area contributed by atoms with Crippen LogP contribution >= 0.6 is 0 Å². The van der Waals surface area contributed by atoms with Crippen molar-refractivity contribution >= 4 is 17.3 Å². The van der Waals surface area contributed by atoms with Gasteiger partial charge in [0.1, 0.15) is 5.69 Å². The lowest BCUT2D eigenvalue weighted by atomic mass is 10.1. The molecule has 0 aliphatic carbocycles. The van der Waals surface area contributed by atoms with Crippen LogP contribution < -0.4 is 19.7 Å². The van der Waals surface area contributed by atoms with Crippen LogP contribution in [0.3, 0.4) is 0 Å². The summed E-state index contributed by atoms with van der Waals surface area (Å²) in [5.41, 5.74) is 4.40. The minimum atomic E-state index is -0.167. The molecule has 1 aliphatic heterocycles. The van der Waals surface area contributed by atoms with Crippen molar-refractivity contribution in [2.45, 2.75) is 20.4 Å². The number of nitrogens with one attached hydrogen (secondary N) is 1. The number of allylic oxidation sites excluding steroid dienone is 1. The van der Waals surface area contributed by atoms with E-state index in [0.29, 0.717) is 42.6 Å². The molecule has 1 aromatic carbocycles. The van der Waals surface area contributed by atoms with Crippen LogP contribution in [0.2, 0.25) is 0 Å². The van der Waals surface area contributed by atoms with Gasteiger partial charge in [-0.1, -0.05) is 6.08 Å². The van der Waals surface area contributed by atoms with Crippen LogP contribution in [0.25, 0.3) is 0 Å². The monoisotopic (exact) mass is 399 g/mol. The van der Waals surface area contributed by atoms with E-state index >= 15 is 0 Å². The summed E-state index contributed by atoms with van der Waals surface area (Å²) in [7, 11) is 3.15. The molecular weight excluding hydrogens is 370 g/mol. The second-order valence-corrected chi connectivity index (χ2v) is 6.93. The number of morpholine rings is 1. The highest BCUT2D eigenvalue weighted by Gasteiger charge is 2.26. The van der Waals surface area contributed by atoms with Gasteiger partial charge in [-0.3, -0.25) is 4.79 Å². The van der Waals surface area contributed by atoms with Gasteiger partial charge < -0.3 is 29.0 Å². The number of hydrogen-bond acceptors (Lipinski definition) is 5. The van der Waals surface area contributed by atoms with Gasteiger partial charge in [-0.05, 0) is 26.0 Å². The standard InChI is InChI=1S/C22H29N3O4/c1-6-9-25-16(3)20(24-10-12-29-13-11-24)15(2)21(25)22(26)23-17-7-8-18(27-4)19(14-17)28-5/h6-8,14H,1,9-13H2,2-5H3,(H,23,26). The van der Waals surface area contributed by atoms with E-state index in [1.54, 1.807) is 32.4 Å². The Kier molecular flexibility index (Phi) is 6.49. The van der Waals surface area contributed by atoms with E-state index in [4.69, 9.17) is 14.2 Å². The van der Waals surface area contributed by atoms with Gasteiger partial charge in [-0.15, -0.1) is 6.58 Å². The van der Waals surface area contributed by atoms with Gasteiger partial charge in [-0.25, -0.2) is 0 Å². The first-order chi connectivity index (χ1) is 14.0. The molecule has 0 saturated carbocycles. The number of carbonyl (C=O) groups is 1. The lowest BCUT2D eigenvalue weighted by Crippen LogP contribution is -2.36. The maximum Gasteiger partial charge on any atom is 0.272 e. The van der Waals surface area contributed by atoms with Crippen molar-refractivity contribution in [2.75, 3.05) is 50.7 Å². The number of hydrogen-bond donors (Lipinski definition) is 1. The normalized spacial score (nSPS) is 13.9. The molecule has 0 unspecified atom stereocenters. The average molecular weight is 399 g/mol. The summed E-state index contributed by atoms with van der Waals surface area (Å²) in [5.74, 6) is 1.01. The quantitative estimate of drug-likeness (QED) is 0.723. The number of rotatable bonds is 7. The Hall–Kier alpha value is -2.93. The van der Waals surface area contributed by atoms with Crippen molar-refractivity contribution < 1.29 is 19.0 Å². The molecule has 156 valence electrons. The third kappa shape index (κ3) is 4.10. The molecule has 1 fully saturated rings. The van der Waals surface area contributed by atoms with Gasteiger partial charge >= 0.3 is 0 Å². The maximum atomic E-state index is 13.3. The Morgan fingerprint density at radius 3 is 2.52 bits per heavy atom. The first-order valence-corrected chi connectivity index (χ1v) is 9.68. The van der Waals surface area contributed by atoms with Crippen molar-refractivity contribution in [1.29, 1.82) is 0 Å². The second-order valence-electron chi connectivity index (χ2n) is 6.93. The van der Waals surface area contributed by atoms with E-state index in [1.807, 2.05) is 17.6 Å². The van der Waals surface area contributed by atoms with Gasteiger partial charge in [0, 0.05) is 42.6 Å². The smallest absolute Gasteiger partial charge is 0.272 e. The molecule has 0 radical (unpaired) electrons. The van der Waals surface area contributed by atoms with Crippen LogP contribution in [-0.2, 0) is 11.3 Å². The average Bonchev–Trinajstić information content (AvgIpc) is 2.98. The fourth-order valence-electron chi connectivity index (χ4n) is 3.89. The number of amides is 1. The van der Waals surface area contributed by atoms with Crippen molar-refractivity contribution in [2.24, 2.45) is 0 Å². The number of carbonyl (C=O) groups excluding carboxylic acids is 1. The summed E-state index contributed by atoms with van der Waals surface area (Å²) >= 11 is 0. The number of nitrogens with zero attached hydrogens (tertiary/aromatic N) is 2. The van der Waals surface area contributed by atoms with E-state index in [0.717, 1.165) is 30.0 Å². The van der Waals surface area contributed by atoms with Gasteiger partial charge in [-0.2, -0.15) is 0 Å². The van der Waals surface area contributed by atoms with Gasteiger partial charge in [0.05, 0.1) is 33.1 Å². The highest BCUT2D eigenvalue weighted by molar-refractivity contribution is 6.05. The first kappa shape index (κ1) is 20.8. The molecule has 1 aliphatic rings. The Morgan fingerprint density at radius 2 is 1.90 bits per heavy atom. The van der Waals surface area contributed by atoms with E-state index in [1.165, 1.54) is 0 Å². The fraction of sp³-hybridized carbons (Fsp3) is 0.409. The molecule has 1 saturated heterocycles. The van der Waals surface area contributed by atoms with E-state index < -0.39 is 0 Å². The molecule has 2 aromatic rings. The Labute approximate surface area is 171 Å². The largest absolute Gasteiger partial charge is 0.493 e. The van der Waals surface area contributed by atoms with Crippen LogP contribution in [0.15, 0.2) is 30.9 Å². The lowest BCUT2D eigenvalue weighted by molar-refractivity contribution is 0.101. The first-order valence-electron chi connectivity index (χ1n) is 9.68. The zero-order chi connectivity index (χ0) is 21.0. The Balaban J connectivity index is 1.96. The van der Waals surface area contributed by atoms with Gasteiger partial charge in [0.15, 0.2) is 11.5 Å². The third-order valence-corrected chi connectivity index (χ3v) is 5.22. The molecule has 7 nitrogen and oxygen atoms in total. The van der Waals surface area contributed by atoms with Crippen molar-refractivity contribution in [3.05, 3.63) is 47.8 Å². The van der Waals surface area contributed by atoms with E-state index in [9.17, 15) is 4.79 Å². The number of methoxy groups -OCH3 is 2. The van der Waals surface area contributed by atoms with Crippen molar-refractivity contribution in [3.8, 4) is 11.5 Å². The summed E-state index contributed by atoms with van der Waals surface area (Å²) in [6.07, 6.45) is 1.81. The summed E-state index contributed by atoms with van der Waals surface area (Å²) in [5, 5.41) is 2.99. The van der Waals surface area contributed by atoms with Gasteiger partial charge in [0.2, 0.25) is 0 Å². The maximum absolute atomic E-state index is 13.3. The molecule has 0 bridgehead atoms. The summed E-state index contributed by atoms with van der Waals surface area (Å²) < 4.78 is 18.1. The minimum Gasteiger partial charge on any atom is -0.493 e. The zero-order valence-electron chi connectivity index (χ0n) is 17.6. The molecule has 7 heteroatoms. The van der Waals surface area contributed by atoms with Crippen LogP contribution in [0.4, 0.5) is 11.4 Å². The molecule has 29 heavy (non-hydrogen) atoms. The fourth-order valence-corrected chi connectivity index (χ4v) is 3.89. The molecule has 1 aromatic heterocycles. The molecule has 2 heterocycles. The molecule has 1 N–H and O–H groups in total. The predicted octanol–water partition coefficient (Wildman–Crippen LogP) is 3.40. The Morgan fingerprint density at radius 1 is 1.21 bits per heavy atom. The number of benzene rings is 1. The van der Waals surface area contributed by atoms with Crippen LogP contribution in [0, 0.1) is 13.8 Å².